The number of hydrogen-bond donors (Lipinski definition) is 2. The van der Waals surface area contributed by atoms with Gasteiger partial charge < -0.3 is 24.6 Å². The predicted molar refractivity (Wildman–Crippen MR) is 90.0 cm³/mol. The lowest BCUT2D eigenvalue weighted by Gasteiger charge is -2.18. The number of ether oxygens (including phenoxy) is 2. The highest BCUT2D eigenvalue weighted by atomic mass is 16.5. The number of phenols is 2. The van der Waals surface area contributed by atoms with Crippen LogP contribution in [0.5, 0.6) is 23.0 Å². The van der Waals surface area contributed by atoms with Crippen molar-refractivity contribution in [1.29, 1.82) is 0 Å². The molecule has 0 aliphatic carbocycles. The van der Waals surface area contributed by atoms with Crippen molar-refractivity contribution in [3.63, 3.8) is 0 Å². The molecule has 2 aromatic rings. The lowest BCUT2D eigenvalue weighted by Crippen LogP contribution is -2.28. The topological polar surface area (TPSA) is 79.2 Å². The Morgan fingerprint density at radius 2 is 1.75 bits per heavy atom. The molecule has 0 unspecified atom stereocenters. The van der Waals surface area contributed by atoms with Gasteiger partial charge in [-0.3, -0.25) is 4.79 Å². The minimum absolute atomic E-state index is 0.0861. The van der Waals surface area contributed by atoms with Crippen molar-refractivity contribution >= 4 is 5.91 Å². The summed E-state index contributed by atoms with van der Waals surface area (Å²) in [6.07, 6.45) is 0.626. The van der Waals surface area contributed by atoms with Crippen LogP contribution in [0.15, 0.2) is 36.4 Å². The fourth-order valence-electron chi connectivity index (χ4n) is 2.34. The molecule has 2 N–H and O–H groups in total. The van der Waals surface area contributed by atoms with E-state index in [1.807, 2.05) is 18.2 Å². The lowest BCUT2D eigenvalue weighted by molar-refractivity contribution is 0.0793. The van der Waals surface area contributed by atoms with Crippen LogP contribution in [0, 0.1) is 0 Å². The zero-order valence-electron chi connectivity index (χ0n) is 13.9. The lowest BCUT2D eigenvalue weighted by atomic mass is 10.1. The van der Waals surface area contributed by atoms with Crippen LogP contribution in [0.4, 0.5) is 0 Å². The molecule has 6 nitrogen and oxygen atoms in total. The van der Waals surface area contributed by atoms with Crippen LogP contribution in [0.3, 0.4) is 0 Å². The average Bonchev–Trinajstić information content (AvgIpc) is 2.58. The van der Waals surface area contributed by atoms with Gasteiger partial charge in [0, 0.05) is 19.7 Å². The molecule has 1 amide bonds. The summed E-state index contributed by atoms with van der Waals surface area (Å²) in [5.74, 6) is 0.655. The minimum Gasteiger partial charge on any atom is -0.508 e. The van der Waals surface area contributed by atoms with E-state index in [-0.39, 0.29) is 23.0 Å². The van der Waals surface area contributed by atoms with Gasteiger partial charge in [0.25, 0.3) is 5.91 Å². The molecule has 128 valence electrons. The summed E-state index contributed by atoms with van der Waals surface area (Å²) in [5.41, 5.74) is 1.16. The van der Waals surface area contributed by atoms with Crippen LogP contribution in [-0.4, -0.2) is 48.8 Å². The Morgan fingerprint density at radius 3 is 2.38 bits per heavy atom. The van der Waals surface area contributed by atoms with Crippen LogP contribution in [0.25, 0.3) is 0 Å². The number of phenolic OH excluding ortho intramolecular Hbond substituents is 2. The number of carbonyl (C=O) groups is 1. The van der Waals surface area contributed by atoms with Crippen LogP contribution >= 0.6 is 0 Å². The van der Waals surface area contributed by atoms with E-state index in [9.17, 15) is 15.0 Å². The van der Waals surface area contributed by atoms with Crippen LogP contribution in [0.1, 0.15) is 15.9 Å². The van der Waals surface area contributed by atoms with Crippen molar-refractivity contribution < 1.29 is 24.5 Å². The first-order chi connectivity index (χ1) is 11.5. The number of aromatic hydroxyl groups is 2. The average molecular weight is 331 g/mol. The third kappa shape index (κ3) is 3.90. The summed E-state index contributed by atoms with van der Waals surface area (Å²) < 4.78 is 10.5. The molecule has 6 heteroatoms. The van der Waals surface area contributed by atoms with E-state index in [2.05, 4.69) is 0 Å². The summed E-state index contributed by atoms with van der Waals surface area (Å²) in [7, 11) is 4.81. The Hall–Kier alpha value is -2.89. The Bertz CT molecular complexity index is 729. The van der Waals surface area contributed by atoms with Gasteiger partial charge in [-0.2, -0.15) is 0 Å². The number of hydrogen-bond acceptors (Lipinski definition) is 5. The van der Waals surface area contributed by atoms with Gasteiger partial charge in [-0.05, 0) is 36.2 Å². The largest absolute Gasteiger partial charge is 0.508 e. The number of likely N-dealkylation sites (N-methyl/N-ethyl adjacent to an activating group) is 1. The first kappa shape index (κ1) is 17.5. The first-order valence-corrected chi connectivity index (χ1v) is 7.44. The summed E-state index contributed by atoms with van der Waals surface area (Å²) >= 11 is 0. The summed E-state index contributed by atoms with van der Waals surface area (Å²) in [4.78, 5) is 13.9. The molecule has 0 heterocycles. The third-order valence-electron chi connectivity index (χ3n) is 3.74. The number of rotatable bonds is 6. The zero-order chi connectivity index (χ0) is 17.7. The van der Waals surface area contributed by atoms with E-state index < -0.39 is 0 Å². The normalized spacial score (nSPS) is 10.3. The molecular weight excluding hydrogens is 310 g/mol. The van der Waals surface area contributed by atoms with Gasteiger partial charge >= 0.3 is 0 Å². The van der Waals surface area contributed by atoms with Crippen LogP contribution < -0.4 is 9.47 Å². The molecule has 0 bridgehead atoms. The smallest absolute Gasteiger partial charge is 0.257 e. The molecule has 2 aromatic carbocycles. The van der Waals surface area contributed by atoms with Crippen molar-refractivity contribution in [1.82, 2.24) is 4.90 Å². The highest BCUT2D eigenvalue weighted by Gasteiger charge is 2.16. The second kappa shape index (κ2) is 7.59. The maximum absolute atomic E-state index is 12.4. The fraction of sp³-hybridized carbons (Fsp3) is 0.278. The van der Waals surface area contributed by atoms with E-state index in [0.717, 1.165) is 11.6 Å². The second-order valence-electron chi connectivity index (χ2n) is 5.37. The van der Waals surface area contributed by atoms with E-state index >= 15 is 0 Å². The molecule has 0 aliphatic rings. The molecule has 0 saturated heterocycles. The molecule has 0 atom stereocenters. The zero-order valence-corrected chi connectivity index (χ0v) is 13.9. The quantitative estimate of drug-likeness (QED) is 0.850. The number of benzene rings is 2. The molecule has 0 aromatic heterocycles. The van der Waals surface area contributed by atoms with Crippen molar-refractivity contribution in [3.05, 3.63) is 47.5 Å². The van der Waals surface area contributed by atoms with Crippen molar-refractivity contribution in [2.24, 2.45) is 0 Å². The predicted octanol–water partition coefficient (Wildman–Crippen LogP) is 2.43. The van der Waals surface area contributed by atoms with Gasteiger partial charge in [-0.1, -0.05) is 6.07 Å². The Labute approximate surface area is 140 Å². The molecule has 0 spiro atoms. The fourth-order valence-corrected chi connectivity index (χ4v) is 2.34. The van der Waals surface area contributed by atoms with E-state index in [1.165, 1.54) is 17.0 Å². The monoisotopic (exact) mass is 331 g/mol. The second-order valence-corrected chi connectivity index (χ2v) is 5.37. The first-order valence-electron chi connectivity index (χ1n) is 7.44. The summed E-state index contributed by atoms with van der Waals surface area (Å²) in [6, 6.07) is 9.53. The van der Waals surface area contributed by atoms with Gasteiger partial charge in [-0.15, -0.1) is 0 Å². The SMILES string of the molecule is COc1ccc(CCN(C)C(=O)c2ccc(O)cc2O)cc1OC. The number of methoxy groups -OCH3 is 2. The van der Waals surface area contributed by atoms with Gasteiger partial charge in [-0.25, -0.2) is 0 Å². The van der Waals surface area contributed by atoms with E-state index in [4.69, 9.17) is 9.47 Å². The van der Waals surface area contributed by atoms with E-state index in [1.54, 1.807) is 21.3 Å². The highest BCUT2D eigenvalue weighted by molar-refractivity contribution is 5.96. The number of nitrogens with zero attached hydrogens (tertiary/aromatic N) is 1. The molecule has 0 radical (unpaired) electrons. The van der Waals surface area contributed by atoms with E-state index in [0.29, 0.717) is 24.5 Å². The minimum atomic E-state index is -0.312. The summed E-state index contributed by atoms with van der Waals surface area (Å²) in [6.45, 7) is 0.467. The molecule has 24 heavy (non-hydrogen) atoms. The summed E-state index contributed by atoms with van der Waals surface area (Å²) in [5, 5.41) is 19.1. The van der Waals surface area contributed by atoms with Crippen LogP contribution in [0.2, 0.25) is 0 Å². The Kier molecular flexibility index (Phi) is 5.52. The van der Waals surface area contributed by atoms with Crippen molar-refractivity contribution in [2.75, 3.05) is 27.8 Å². The highest BCUT2D eigenvalue weighted by Crippen LogP contribution is 2.28. The number of carbonyl (C=O) groups excluding carboxylic acids is 1. The van der Waals surface area contributed by atoms with Gasteiger partial charge in [0.15, 0.2) is 11.5 Å². The molecular formula is C18H21NO5. The molecule has 0 aliphatic heterocycles. The molecule has 2 rings (SSSR count). The van der Waals surface area contributed by atoms with Gasteiger partial charge in [0.1, 0.15) is 11.5 Å². The molecule has 0 fully saturated rings. The standard InChI is InChI=1S/C18H21NO5/c1-19(18(22)14-6-5-13(20)11-15(14)21)9-8-12-4-7-16(23-2)17(10-12)24-3/h4-7,10-11,20-21H,8-9H2,1-3H3. The maximum Gasteiger partial charge on any atom is 0.257 e. The maximum atomic E-state index is 12.4. The van der Waals surface area contributed by atoms with Gasteiger partial charge in [0.2, 0.25) is 0 Å². The number of amides is 1. The van der Waals surface area contributed by atoms with Gasteiger partial charge in [0.05, 0.1) is 19.8 Å². The Morgan fingerprint density at radius 1 is 1.04 bits per heavy atom. The van der Waals surface area contributed by atoms with Crippen molar-refractivity contribution in [2.45, 2.75) is 6.42 Å². The molecule has 0 saturated carbocycles. The van der Waals surface area contributed by atoms with Crippen molar-refractivity contribution in [3.8, 4) is 23.0 Å². The van der Waals surface area contributed by atoms with Crippen LogP contribution in [-0.2, 0) is 6.42 Å². The Balaban J connectivity index is 2.04. The third-order valence-corrected chi connectivity index (χ3v) is 3.74.